The van der Waals surface area contributed by atoms with Crippen molar-refractivity contribution in [1.29, 1.82) is 0 Å². The maximum atomic E-state index is 12.8. The molecule has 0 aromatic heterocycles. The highest BCUT2D eigenvalue weighted by Gasteiger charge is 2.59. The fourth-order valence-corrected chi connectivity index (χ4v) is 9.27. The number of phenolic OH excluding ortho intramolecular Hbond substituents is 1. The van der Waals surface area contributed by atoms with Gasteiger partial charge in [-0.25, -0.2) is 0 Å². The van der Waals surface area contributed by atoms with E-state index in [4.69, 9.17) is 4.18 Å². The van der Waals surface area contributed by atoms with E-state index in [0.29, 0.717) is 48.4 Å². The van der Waals surface area contributed by atoms with Crippen molar-refractivity contribution in [2.75, 3.05) is 6.61 Å². The van der Waals surface area contributed by atoms with Gasteiger partial charge in [-0.2, -0.15) is 8.42 Å². The van der Waals surface area contributed by atoms with Gasteiger partial charge in [0.1, 0.15) is 16.4 Å². The molecule has 0 unspecified atom stereocenters. The smallest absolute Gasteiger partial charge is 0.297 e. The van der Waals surface area contributed by atoms with Crippen molar-refractivity contribution < 1.29 is 27.3 Å². The Hall–Kier alpha value is -1.99. The number of fused-ring (bicyclic) bond motifs is 5. The van der Waals surface area contributed by atoms with Crippen molar-refractivity contribution in [3.8, 4) is 5.75 Å². The van der Waals surface area contributed by atoms with E-state index in [1.165, 1.54) is 17.7 Å². The van der Waals surface area contributed by atoms with E-state index >= 15 is 0 Å². The van der Waals surface area contributed by atoms with E-state index < -0.39 is 10.1 Å². The summed E-state index contributed by atoms with van der Waals surface area (Å²) in [6.07, 6.45) is 10.1. The Morgan fingerprint density at radius 1 is 1.06 bits per heavy atom. The number of phenols is 1. The van der Waals surface area contributed by atoms with Gasteiger partial charge in [0.05, 0.1) is 6.61 Å². The van der Waals surface area contributed by atoms with Crippen LogP contribution in [0.1, 0.15) is 76.7 Å². The Morgan fingerprint density at radius 2 is 1.86 bits per heavy atom. The summed E-state index contributed by atoms with van der Waals surface area (Å²) in [4.78, 5) is 25.1. The number of hydrogen-bond donors (Lipinski definition) is 1. The lowest BCUT2D eigenvalue weighted by Crippen LogP contribution is -2.51. The number of carbonyl (C=O) groups is 2. The Kier molecular flexibility index (Phi) is 6.24. The molecule has 3 fully saturated rings. The van der Waals surface area contributed by atoms with Crippen molar-refractivity contribution in [3.63, 3.8) is 0 Å². The van der Waals surface area contributed by atoms with E-state index in [-0.39, 0.29) is 33.9 Å². The zero-order valence-corrected chi connectivity index (χ0v) is 21.5. The number of Topliss-reactive ketones (excluding diaryl/α,β-unsaturated/α-hetero) is 1. The summed E-state index contributed by atoms with van der Waals surface area (Å²) in [5, 5.41) is 9.73. The predicted octanol–water partition coefficient (Wildman–Crippen LogP) is 5.27. The first-order valence-electron chi connectivity index (χ1n) is 13.0. The SMILES string of the molecule is Cc1ccc(O)cc1S(=O)(=O)OCCC[C@]12CCC(=O)C=C1CC[C@@H]1[C@@H]2CC[C@]2(C)C(=O)CC[C@@H]12. The molecule has 5 rings (SSSR count). The minimum Gasteiger partial charge on any atom is -0.508 e. The van der Waals surface area contributed by atoms with Crippen molar-refractivity contribution in [2.24, 2.45) is 28.6 Å². The fourth-order valence-electron chi connectivity index (χ4n) is 8.08. The quantitative estimate of drug-likeness (QED) is 0.422. The number of aryl methyl sites for hydroxylation is 1. The molecule has 0 spiro atoms. The summed E-state index contributed by atoms with van der Waals surface area (Å²) in [5.74, 6) is 1.87. The molecule has 4 aliphatic rings. The first-order valence-corrected chi connectivity index (χ1v) is 14.4. The molecule has 1 aromatic rings. The average molecular weight is 501 g/mol. The molecule has 0 aliphatic heterocycles. The van der Waals surface area contributed by atoms with E-state index in [9.17, 15) is 23.1 Å². The van der Waals surface area contributed by atoms with Gasteiger partial charge in [-0.05, 0) is 99.2 Å². The Bertz CT molecular complexity index is 1180. The summed E-state index contributed by atoms with van der Waals surface area (Å²) < 4.78 is 31.0. The van der Waals surface area contributed by atoms with Crippen LogP contribution in [0.4, 0.5) is 0 Å². The molecule has 7 heteroatoms. The molecule has 6 nitrogen and oxygen atoms in total. The molecule has 5 atom stereocenters. The number of allylic oxidation sites excluding steroid dienone is 1. The third-order valence-electron chi connectivity index (χ3n) is 9.84. The van der Waals surface area contributed by atoms with Gasteiger partial charge in [0.2, 0.25) is 0 Å². The molecule has 3 saturated carbocycles. The molecule has 0 bridgehead atoms. The maximum Gasteiger partial charge on any atom is 0.297 e. The van der Waals surface area contributed by atoms with Crippen molar-refractivity contribution in [3.05, 3.63) is 35.4 Å². The summed E-state index contributed by atoms with van der Waals surface area (Å²) >= 11 is 0. The second-order valence-corrected chi connectivity index (χ2v) is 13.0. The van der Waals surface area contributed by atoms with Gasteiger partial charge in [-0.3, -0.25) is 13.8 Å². The molecular formula is C28H36O6S. The highest BCUT2D eigenvalue weighted by atomic mass is 32.2. The number of rotatable bonds is 6. The molecule has 35 heavy (non-hydrogen) atoms. The standard InChI is InChI=1S/C28H36O6S/c1-18-4-6-20(29)17-25(18)35(32,33)34-15-3-12-28-14-10-21(30)16-19(28)5-7-22-23-8-9-26(31)27(23,2)13-11-24(22)28/h4,6,16-17,22-24,29H,3,5,7-15H2,1-2H3/t22-,23-,24-,27-,28-/m0/s1. The van der Waals surface area contributed by atoms with Crippen LogP contribution in [0.3, 0.4) is 0 Å². The van der Waals surface area contributed by atoms with Crippen LogP contribution in [0.2, 0.25) is 0 Å². The fraction of sp³-hybridized carbons (Fsp3) is 0.643. The highest BCUT2D eigenvalue weighted by molar-refractivity contribution is 7.86. The number of hydrogen-bond acceptors (Lipinski definition) is 6. The Balaban J connectivity index is 1.34. The largest absolute Gasteiger partial charge is 0.508 e. The lowest BCUT2D eigenvalue weighted by atomic mass is 9.46. The van der Waals surface area contributed by atoms with Gasteiger partial charge in [-0.15, -0.1) is 0 Å². The summed E-state index contributed by atoms with van der Waals surface area (Å²) in [6, 6.07) is 4.25. The third kappa shape index (κ3) is 4.08. The van der Waals surface area contributed by atoms with Crippen LogP contribution in [0.5, 0.6) is 5.75 Å². The van der Waals surface area contributed by atoms with Crippen LogP contribution in [-0.4, -0.2) is 31.7 Å². The molecule has 1 N–H and O–H groups in total. The Morgan fingerprint density at radius 3 is 2.66 bits per heavy atom. The Labute approximate surface area is 208 Å². The summed E-state index contributed by atoms with van der Waals surface area (Å²) in [5.41, 5.74) is 1.49. The first kappa shape index (κ1) is 24.7. The topological polar surface area (TPSA) is 97.7 Å². The second-order valence-electron chi connectivity index (χ2n) is 11.5. The van der Waals surface area contributed by atoms with Gasteiger partial charge in [0, 0.05) is 24.3 Å². The molecule has 0 saturated heterocycles. The molecular weight excluding hydrogens is 464 g/mol. The van der Waals surface area contributed by atoms with Crippen molar-refractivity contribution in [1.82, 2.24) is 0 Å². The van der Waals surface area contributed by atoms with Crippen LogP contribution in [0.15, 0.2) is 34.7 Å². The number of carbonyl (C=O) groups excluding carboxylic acids is 2. The molecule has 0 amide bonds. The highest BCUT2D eigenvalue weighted by Crippen LogP contribution is 2.65. The first-order chi connectivity index (χ1) is 16.6. The van der Waals surface area contributed by atoms with Gasteiger partial charge < -0.3 is 5.11 Å². The van der Waals surface area contributed by atoms with Gasteiger partial charge >= 0.3 is 0 Å². The van der Waals surface area contributed by atoms with E-state index in [1.807, 2.05) is 6.08 Å². The molecule has 4 aliphatic carbocycles. The minimum atomic E-state index is -3.97. The average Bonchev–Trinajstić information content (AvgIpc) is 3.13. The lowest BCUT2D eigenvalue weighted by molar-refractivity contribution is -0.133. The van der Waals surface area contributed by atoms with Gasteiger partial charge in [0.25, 0.3) is 10.1 Å². The number of aromatic hydroxyl groups is 1. The zero-order chi connectivity index (χ0) is 25.0. The normalized spacial score (nSPS) is 34.7. The maximum absolute atomic E-state index is 12.8. The van der Waals surface area contributed by atoms with E-state index in [2.05, 4.69) is 6.92 Å². The summed E-state index contributed by atoms with van der Waals surface area (Å²) in [6.45, 7) is 3.92. The van der Waals surface area contributed by atoms with E-state index in [1.54, 1.807) is 13.0 Å². The summed E-state index contributed by atoms with van der Waals surface area (Å²) in [7, 11) is -3.97. The molecule has 1 aromatic carbocycles. The lowest BCUT2D eigenvalue weighted by Gasteiger charge is -2.58. The third-order valence-corrected chi connectivity index (χ3v) is 11.3. The van der Waals surface area contributed by atoms with Crippen LogP contribution in [0.25, 0.3) is 0 Å². The van der Waals surface area contributed by atoms with Crippen molar-refractivity contribution >= 4 is 21.7 Å². The van der Waals surface area contributed by atoms with Crippen LogP contribution < -0.4 is 0 Å². The monoisotopic (exact) mass is 500 g/mol. The number of benzene rings is 1. The van der Waals surface area contributed by atoms with Crippen LogP contribution >= 0.6 is 0 Å². The number of ketones is 2. The molecule has 0 heterocycles. The predicted molar refractivity (Wildman–Crippen MR) is 131 cm³/mol. The van der Waals surface area contributed by atoms with Gasteiger partial charge in [0.15, 0.2) is 5.78 Å². The second kappa shape index (κ2) is 8.84. The van der Waals surface area contributed by atoms with Crippen LogP contribution in [-0.2, 0) is 23.9 Å². The van der Waals surface area contributed by atoms with Gasteiger partial charge in [-0.1, -0.05) is 18.6 Å². The molecule has 0 radical (unpaired) electrons. The molecule has 190 valence electrons. The van der Waals surface area contributed by atoms with E-state index in [0.717, 1.165) is 44.9 Å². The van der Waals surface area contributed by atoms with Crippen molar-refractivity contribution in [2.45, 2.75) is 83.0 Å². The van der Waals surface area contributed by atoms with Crippen LogP contribution in [0, 0.1) is 35.5 Å². The zero-order valence-electron chi connectivity index (χ0n) is 20.7. The minimum absolute atomic E-state index is 0.00490.